The van der Waals surface area contributed by atoms with Crippen LogP contribution in [0.25, 0.3) is 0 Å². The average molecular weight is 244 g/mol. The third-order valence-electron chi connectivity index (χ3n) is 2.29. The molecule has 2 N–H and O–H groups in total. The summed E-state index contributed by atoms with van der Waals surface area (Å²) in [6.45, 7) is 2.05. The molecule has 0 saturated heterocycles. The number of thiocarbonyl (C=S) groups is 1. The van der Waals surface area contributed by atoms with Gasteiger partial charge in [0.1, 0.15) is 0 Å². The van der Waals surface area contributed by atoms with E-state index in [1.54, 1.807) is 12.4 Å². The van der Waals surface area contributed by atoms with Crippen molar-refractivity contribution < 1.29 is 0 Å². The lowest BCUT2D eigenvalue weighted by Crippen LogP contribution is -2.32. The third-order valence-corrected chi connectivity index (χ3v) is 2.75. The van der Waals surface area contributed by atoms with Gasteiger partial charge in [-0.3, -0.25) is 4.98 Å². The summed E-state index contributed by atoms with van der Waals surface area (Å²) in [6.07, 6.45) is 4.01. The van der Waals surface area contributed by atoms with Crippen LogP contribution < -0.4 is 10.6 Å². The molecule has 0 spiro atoms. The van der Waals surface area contributed by atoms with Crippen molar-refractivity contribution in [2.45, 2.75) is 19.4 Å². The summed E-state index contributed by atoms with van der Waals surface area (Å²) in [5, 5.41) is 0.634. The summed E-state index contributed by atoms with van der Waals surface area (Å²) < 4.78 is 0. The standard InChI is InChI=1S/C10H14ClN3S/c1-7(5-10(12)15)14(2)9-3-4-13-6-8(9)11/h3-4,6-7H,5H2,1-2H3,(H2,12,15). The lowest BCUT2D eigenvalue weighted by molar-refractivity contribution is 0.714. The lowest BCUT2D eigenvalue weighted by Gasteiger charge is -2.27. The Morgan fingerprint density at radius 3 is 2.93 bits per heavy atom. The molecule has 5 heteroatoms. The quantitative estimate of drug-likeness (QED) is 0.824. The minimum Gasteiger partial charge on any atom is -0.393 e. The molecule has 1 aromatic rings. The number of aromatic nitrogens is 1. The second-order valence-corrected chi connectivity index (χ2v) is 4.39. The Hall–Kier alpha value is -0.870. The molecule has 82 valence electrons. The predicted octanol–water partition coefficient (Wildman–Crippen LogP) is 2.24. The SMILES string of the molecule is CC(CC(N)=S)N(C)c1ccncc1Cl. The van der Waals surface area contributed by atoms with Crippen molar-refractivity contribution in [2.75, 3.05) is 11.9 Å². The van der Waals surface area contributed by atoms with E-state index in [1.165, 1.54) is 0 Å². The molecular formula is C10H14ClN3S. The van der Waals surface area contributed by atoms with E-state index in [0.717, 1.165) is 5.69 Å². The highest BCUT2D eigenvalue weighted by molar-refractivity contribution is 7.80. The van der Waals surface area contributed by atoms with E-state index >= 15 is 0 Å². The molecule has 0 aliphatic heterocycles. The molecule has 1 unspecified atom stereocenters. The fraction of sp³-hybridized carbons (Fsp3) is 0.400. The van der Waals surface area contributed by atoms with Crippen LogP contribution >= 0.6 is 23.8 Å². The molecule has 0 aliphatic carbocycles. The normalized spacial score (nSPS) is 12.2. The van der Waals surface area contributed by atoms with E-state index in [4.69, 9.17) is 29.6 Å². The van der Waals surface area contributed by atoms with E-state index in [9.17, 15) is 0 Å². The Kier molecular flexibility index (Phi) is 4.29. The minimum absolute atomic E-state index is 0.224. The summed E-state index contributed by atoms with van der Waals surface area (Å²) in [4.78, 5) is 6.50. The van der Waals surface area contributed by atoms with Gasteiger partial charge in [-0.05, 0) is 13.0 Å². The first-order valence-electron chi connectivity index (χ1n) is 4.63. The average Bonchev–Trinajstić information content (AvgIpc) is 2.16. The molecule has 1 aromatic heterocycles. The lowest BCUT2D eigenvalue weighted by atomic mass is 10.2. The van der Waals surface area contributed by atoms with Crippen molar-refractivity contribution in [1.82, 2.24) is 4.98 Å². The maximum absolute atomic E-state index is 6.03. The highest BCUT2D eigenvalue weighted by Crippen LogP contribution is 2.25. The summed E-state index contributed by atoms with van der Waals surface area (Å²) in [5.41, 5.74) is 6.45. The molecule has 0 aromatic carbocycles. The number of hydrogen-bond acceptors (Lipinski definition) is 3. The minimum atomic E-state index is 0.224. The van der Waals surface area contributed by atoms with E-state index in [-0.39, 0.29) is 6.04 Å². The van der Waals surface area contributed by atoms with Crippen LogP contribution in [-0.4, -0.2) is 23.1 Å². The molecular weight excluding hydrogens is 230 g/mol. The van der Waals surface area contributed by atoms with Crippen molar-refractivity contribution >= 4 is 34.5 Å². The zero-order chi connectivity index (χ0) is 11.4. The van der Waals surface area contributed by atoms with Gasteiger partial charge in [0.15, 0.2) is 0 Å². The zero-order valence-corrected chi connectivity index (χ0v) is 10.3. The number of nitrogens with two attached hydrogens (primary N) is 1. The molecule has 0 fully saturated rings. The van der Waals surface area contributed by atoms with Crippen LogP contribution in [0.3, 0.4) is 0 Å². The van der Waals surface area contributed by atoms with E-state index < -0.39 is 0 Å². The van der Waals surface area contributed by atoms with Crippen molar-refractivity contribution in [1.29, 1.82) is 0 Å². The monoisotopic (exact) mass is 243 g/mol. The number of rotatable bonds is 4. The fourth-order valence-corrected chi connectivity index (χ4v) is 1.81. The van der Waals surface area contributed by atoms with Gasteiger partial charge in [-0.1, -0.05) is 23.8 Å². The first kappa shape index (κ1) is 12.2. The molecule has 15 heavy (non-hydrogen) atoms. The Bertz CT molecular complexity index is 356. The van der Waals surface area contributed by atoms with Gasteiger partial charge in [-0.25, -0.2) is 0 Å². The summed E-state index contributed by atoms with van der Waals surface area (Å²) >= 11 is 10.9. The molecule has 0 amide bonds. The number of nitrogens with zero attached hydrogens (tertiary/aromatic N) is 2. The highest BCUT2D eigenvalue weighted by atomic mass is 35.5. The molecule has 1 atom stereocenters. The Balaban J connectivity index is 2.80. The molecule has 0 aliphatic rings. The second-order valence-electron chi connectivity index (χ2n) is 3.46. The molecule has 0 saturated carbocycles. The van der Waals surface area contributed by atoms with Crippen LogP contribution in [0.2, 0.25) is 5.02 Å². The maximum Gasteiger partial charge on any atom is 0.0822 e. The molecule has 0 radical (unpaired) electrons. The van der Waals surface area contributed by atoms with E-state index in [1.807, 2.05) is 18.0 Å². The fourth-order valence-electron chi connectivity index (χ4n) is 1.32. The summed E-state index contributed by atoms with van der Waals surface area (Å²) in [6, 6.07) is 2.10. The topological polar surface area (TPSA) is 42.1 Å². The van der Waals surface area contributed by atoms with Crippen LogP contribution in [0.5, 0.6) is 0 Å². The predicted molar refractivity (Wildman–Crippen MR) is 68.5 cm³/mol. The highest BCUT2D eigenvalue weighted by Gasteiger charge is 2.13. The first-order valence-corrected chi connectivity index (χ1v) is 5.41. The first-order chi connectivity index (χ1) is 7.02. The van der Waals surface area contributed by atoms with Crippen molar-refractivity contribution in [3.05, 3.63) is 23.5 Å². The van der Waals surface area contributed by atoms with Gasteiger partial charge in [0, 0.05) is 31.9 Å². The molecule has 3 nitrogen and oxygen atoms in total. The van der Waals surface area contributed by atoms with Crippen LogP contribution in [0.15, 0.2) is 18.5 Å². The van der Waals surface area contributed by atoms with Gasteiger partial charge in [-0.2, -0.15) is 0 Å². The van der Waals surface area contributed by atoms with Gasteiger partial charge in [-0.15, -0.1) is 0 Å². The molecule has 1 rings (SSSR count). The third kappa shape index (κ3) is 3.32. The zero-order valence-electron chi connectivity index (χ0n) is 8.77. The van der Waals surface area contributed by atoms with E-state index in [2.05, 4.69) is 11.9 Å². The van der Waals surface area contributed by atoms with Gasteiger partial charge < -0.3 is 10.6 Å². The number of hydrogen-bond donors (Lipinski definition) is 1. The van der Waals surface area contributed by atoms with Crippen LogP contribution in [0.1, 0.15) is 13.3 Å². The summed E-state index contributed by atoms with van der Waals surface area (Å²) in [7, 11) is 1.96. The number of pyridine rings is 1. The van der Waals surface area contributed by atoms with Crippen molar-refractivity contribution in [3.63, 3.8) is 0 Å². The summed E-state index contributed by atoms with van der Waals surface area (Å²) in [5.74, 6) is 0. The van der Waals surface area contributed by atoms with Gasteiger partial charge in [0.2, 0.25) is 0 Å². The Morgan fingerprint density at radius 1 is 1.73 bits per heavy atom. The Labute approximate surface area is 100 Å². The van der Waals surface area contributed by atoms with Crippen LogP contribution in [0.4, 0.5) is 5.69 Å². The maximum atomic E-state index is 6.03. The Morgan fingerprint density at radius 2 is 2.40 bits per heavy atom. The van der Waals surface area contributed by atoms with Crippen LogP contribution in [-0.2, 0) is 0 Å². The van der Waals surface area contributed by atoms with Crippen molar-refractivity contribution in [3.8, 4) is 0 Å². The number of anilines is 1. The van der Waals surface area contributed by atoms with Gasteiger partial charge in [0.05, 0.1) is 15.7 Å². The second kappa shape index (κ2) is 5.28. The largest absolute Gasteiger partial charge is 0.393 e. The molecule has 1 heterocycles. The molecule has 0 bridgehead atoms. The van der Waals surface area contributed by atoms with E-state index in [0.29, 0.717) is 16.4 Å². The van der Waals surface area contributed by atoms with Gasteiger partial charge >= 0.3 is 0 Å². The number of halogens is 1. The van der Waals surface area contributed by atoms with Gasteiger partial charge in [0.25, 0.3) is 0 Å². The van der Waals surface area contributed by atoms with Crippen LogP contribution in [0, 0.1) is 0 Å². The smallest absolute Gasteiger partial charge is 0.0822 e. The van der Waals surface area contributed by atoms with Crippen molar-refractivity contribution in [2.24, 2.45) is 5.73 Å².